The van der Waals surface area contributed by atoms with Crippen LogP contribution in [0.2, 0.25) is 0 Å². The Morgan fingerprint density at radius 2 is 2.25 bits per heavy atom. The fraction of sp³-hybridized carbons (Fsp3) is 0.588. The Kier molecular flexibility index (Phi) is 3.68. The summed E-state index contributed by atoms with van der Waals surface area (Å²) in [5.41, 5.74) is 0. The molecule has 3 heteroatoms. The molecule has 0 aromatic carbocycles. The van der Waals surface area contributed by atoms with E-state index in [0.29, 0.717) is 5.92 Å². The highest BCUT2D eigenvalue weighted by atomic mass is 16.3. The first-order valence-electron chi connectivity index (χ1n) is 7.67. The van der Waals surface area contributed by atoms with Crippen LogP contribution in [-0.4, -0.2) is 11.9 Å². The molecule has 1 aromatic rings. The van der Waals surface area contributed by atoms with Crippen LogP contribution in [0.4, 0.5) is 0 Å². The van der Waals surface area contributed by atoms with Crippen molar-refractivity contribution in [3.63, 3.8) is 0 Å². The van der Waals surface area contributed by atoms with E-state index in [-0.39, 0.29) is 11.9 Å². The third-order valence-electron chi connectivity index (χ3n) is 4.97. The van der Waals surface area contributed by atoms with Gasteiger partial charge in [0.1, 0.15) is 11.5 Å². The Bertz CT molecular complexity index is 517. The summed E-state index contributed by atoms with van der Waals surface area (Å²) in [6.07, 6.45) is 8.74. The summed E-state index contributed by atoms with van der Waals surface area (Å²) >= 11 is 0. The molecule has 2 aliphatic rings. The van der Waals surface area contributed by atoms with Gasteiger partial charge in [0, 0.05) is 12.1 Å². The highest BCUT2D eigenvalue weighted by Gasteiger charge is 2.41. The Labute approximate surface area is 120 Å². The van der Waals surface area contributed by atoms with Crippen molar-refractivity contribution in [2.24, 2.45) is 17.8 Å². The van der Waals surface area contributed by atoms with Crippen molar-refractivity contribution in [2.45, 2.75) is 45.6 Å². The lowest BCUT2D eigenvalue weighted by Gasteiger charge is -2.28. The van der Waals surface area contributed by atoms with Gasteiger partial charge in [-0.15, -0.1) is 0 Å². The summed E-state index contributed by atoms with van der Waals surface area (Å²) in [7, 11) is 0. The molecule has 1 aromatic heterocycles. The first-order valence-corrected chi connectivity index (χ1v) is 7.67. The molecule has 1 amide bonds. The fourth-order valence-corrected chi connectivity index (χ4v) is 3.99. The van der Waals surface area contributed by atoms with Gasteiger partial charge in [0.15, 0.2) is 0 Å². The largest absolute Gasteiger partial charge is 0.462 e. The van der Waals surface area contributed by atoms with Gasteiger partial charge in [-0.1, -0.05) is 6.42 Å². The van der Waals surface area contributed by atoms with Crippen LogP contribution in [0.5, 0.6) is 0 Å². The van der Waals surface area contributed by atoms with E-state index in [4.69, 9.17) is 4.42 Å². The Hall–Kier alpha value is -1.51. The van der Waals surface area contributed by atoms with E-state index in [1.807, 2.05) is 19.1 Å². The molecule has 2 bridgehead atoms. The van der Waals surface area contributed by atoms with E-state index < -0.39 is 0 Å². The van der Waals surface area contributed by atoms with Crippen molar-refractivity contribution < 1.29 is 9.21 Å². The number of aryl methyl sites for hydroxylation is 1. The molecular formula is C17H23NO2. The lowest BCUT2D eigenvalue weighted by atomic mass is 9.84. The normalized spacial score (nSPS) is 30.0. The highest BCUT2D eigenvalue weighted by molar-refractivity contribution is 5.91. The van der Waals surface area contributed by atoms with Gasteiger partial charge in [-0.3, -0.25) is 4.79 Å². The summed E-state index contributed by atoms with van der Waals surface area (Å²) in [5.74, 6) is 4.01. The molecule has 20 heavy (non-hydrogen) atoms. The maximum absolute atomic E-state index is 12.0. The van der Waals surface area contributed by atoms with Crippen LogP contribution in [0.15, 0.2) is 22.6 Å². The summed E-state index contributed by atoms with van der Waals surface area (Å²) < 4.78 is 5.41. The lowest BCUT2D eigenvalue weighted by molar-refractivity contribution is -0.117. The fourth-order valence-electron chi connectivity index (χ4n) is 3.99. The van der Waals surface area contributed by atoms with Crippen LogP contribution in [0.25, 0.3) is 6.08 Å². The van der Waals surface area contributed by atoms with Gasteiger partial charge in [0.25, 0.3) is 0 Å². The average molecular weight is 273 g/mol. The number of carbonyl (C=O) groups excluding carboxylic acids is 1. The van der Waals surface area contributed by atoms with Crippen molar-refractivity contribution in [3.05, 3.63) is 29.7 Å². The topological polar surface area (TPSA) is 42.2 Å². The number of hydrogen-bond acceptors (Lipinski definition) is 2. The Morgan fingerprint density at radius 3 is 2.85 bits per heavy atom. The molecule has 0 saturated heterocycles. The zero-order valence-electron chi connectivity index (χ0n) is 12.3. The van der Waals surface area contributed by atoms with Crippen LogP contribution in [0.3, 0.4) is 0 Å². The molecule has 1 heterocycles. The molecule has 0 unspecified atom stereocenters. The van der Waals surface area contributed by atoms with Crippen LogP contribution in [-0.2, 0) is 4.79 Å². The van der Waals surface area contributed by atoms with E-state index in [9.17, 15) is 4.79 Å². The maximum atomic E-state index is 12.0. The third-order valence-corrected chi connectivity index (χ3v) is 4.97. The van der Waals surface area contributed by atoms with Gasteiger partial charge >= 0.3 is 0 Å². The molecule has 0 radical (unpaired) electrons. The zero-order chi connectivity index (χ0) is 14.1. The number of rotatable bonds is 4. The molecule has 2 saturated carbocycles. The third kappa shape index (κ3) is 2.82. The molecule has 4 atom stereocenters. The monoisotopic (exact) mass is 273 g/mol. The predicted molar refractivity (Wildman–Crippen MR) is 79.0 cm³/mol. The number of nitrogens with one attached hydrogen (secondary N) is 1. The standard InChI is InChI=1S/C17H23NO2/c1-11-3-6-15(20-11)7-8-17(19)18-12(2)16-10-13-4-5-14(16)9-13/h3,6-8,12-14,16H,4-5,9-10H2,1-2H3,(H,18,19)/b8-7+/t12-,13+,14+,16-/m1/s1. The van der Waals surface area contributed by atoms with Crippen molar-refractivity contribution in [2.75, 3.05) is 0 Å². The zero-order valence-corrected chi connectivity index (χ0v) is 12.3. The van der Waals surface area contributed by atoms with Gasteiger partial charge in [-0.25, -0.2) is 0 Å². The van der Waals surface area contributed by atoms with Gasteiger partial charge < -0.3 is 9.73 Å². The van der Waals surface area contributed by atoms with Gasteiger partial charge in [0.2, 0.25) is 5.91 Å². The van der Waals surface area contributed by atoms with E-state index in [0.717, 1.165) is 23.4 Å². The van der Waals surface area contributed by atoms with Crippen molar-refractivity contribution in [3.8, 4) is 0 Å². The molecule has 3 nitrogen and oxygen atoms in total. The second-order valence-corrected chi connectivity index (χ2v) is 6.42. The molecule has 108 valence electrons. The van der Waals surface area contributed by atoms with Gasteiger partial charge in [0.05, 0.1) is 0 Å². The summed E-state index contributed by atoms with van der Waals surface area (Å²) in [6.45, 7) is 4.04. The number of hydrogen-bond donors (Lipinski definition) is 1. The van der Waals surface area contributed by atoms with Gasteiger partial charge in [-0.2, -0.15) is 0 Å². The molecule has 0 aliphatic heterocycles. The minimum absolute atomic E-state index is 0.0191. The Balaban J connectivity index is 1.52. The lowest BCUT2D eigenvalue weighted by Crippen LogP contribution is -2.39. The smallest absolute Gasteiger partial charge is 0.244 e. The van der Waals surface area contributed by atoms with Gasteiger partial charge in [-0.05, 0) is 69.1 Å². The predicted octanol–water partition coefficient (Wildman–Crippen LogP) is 3.54. The second kappa shape index (κ2) is 5.47. The number of fused-ring (bicyclic) bond motifs is 2. The molecule has 2 fully saturated rings. The molecule has 0 spiro atoms. The van der Waals surface area contributed by atoms with E-state index in [2.05, 4.69) is 12.2 Å². The molecule has 1 N–H and O–H groups in total. The maximum Gasteiger partial charge on any atom is 0.244 e. The second-order valence-electron chi connectivity index (χ2n) is 6.42. The average Bonchev–Trinajstić information content (AvgIpc) is 3.12. The summed E-state index contributed by atoms with van der Waals surface area (Å²) in [4.78, 5) is 12.0. The van der Waals surface area contributed by atoms with Crippen molar-refractivity contribution >= 4 is 12.0 Å². The molecular weight excluding hydrogens is 250 g/mol. The van der Waals surface area contributed by atoms with E-state index in [1.54, 1.807) is 12.2 Å². The highest BCUT2D eigenvalue weighted by Crippen LogP contribution is 2.49. The summed E-state index contributed by atoms with van der Waals surface area (Å²) in [6, 6.07) is 4.05. The Morgan fingerprint density at radius 1 is 1.40 bits per heavy atom. The molecule has 2 aliphatic carbocycles. The minimum atomic E-state index is -0.0191. The van der Waals surface area contributed by atoms with E-state index >= 15 is 0 Å². The number of furan rings is 1. The van der Waals surface area contributed by atoms with Crippen molar-refractivity contribution in [1.29, 1.82) is 0 Å². The van der Waals surface area contributed by atoms with Crippen LogP contribution in [0.1, 0.15) is 44.1 Å². The number of amides is 1. The SMILES string of the molecule is Cc1ccc(/C=C/C(=O)N[C@H](C)[C@H]2C[C@H]3CC[C@H]2C3)o1. The first kappa shape index (κ1) is 13.5. The number of carbonyl (C=O) groups is 1. The molecule has 3 rings (SSSR count). The minimum Gasteiger partial charge on any atom is -0.462 e. The first-order chi connectivity index (χ1) is 9.61. The van der Waals surface area contributed by atoms with Crippen molar-refractivity contribution in [1.82, 2.24) is 5.32 Å². The van der Waals surface area contributed by atoms with E-state index in [1.165, 1.54) is 25.7 Å². The quantitative estimate of drug-likeness (QED) is 0.853. The van der Waals surface area contributed by atoms with Crippen LogP contribution >= 0.6 is 0 Å². The van der Waals surface area contributed by atoms with Crippen LogP contribution in [0, 0.1) is 24.7 Å². The van der Waals surface area contributed by atoms with Crippen LogP contribution < -0.4 is 5.32 Å². The summed E-state index contributed by atoms with van der Waals surface area (Å²) in [5, 5.41) is 3.12.